The van der Waals surface area contributed by atoms with Gasteiger partial charge < -0.3 is 10.6 Å². The Balaban J connectivity index is 1.36. The van der Waals surface area contributed by atoms with E-state index in [0.717, 1.165) is 47.4 Å². The highest BCUT2D eigenvalue weighted by molar-refractivity contribution is 7.09. The van der Waals surface area contributed by atoms with Gasteiger partial charge in [-0.2, -0.15) is 0 Å². The number of hydrogen-bond acceptors (Lipinski definition) is 4. The van der Waals surface area contributed by atoms with Gasteiger partial charge in [-0.3, -0.25) is 9.59 Å². The van der Waals surface area contributed by atoms with Crippen molar-refractivity contribution in [3.05, 3.63) is 51.5 Å². The maximum Gasteiger partial charge on any atom is 0.251 e. The topological polar surface area (TPSA) is 71.1 Å². The van der Waals surface area contributed by atoms with Crippen LogP contribution in [-0.4, -0.2) is 16.8 Å². The normalized spacial score (nSPS) is 22.3. The molecule has 130 valence electrons. The van der Waals surface area contributed by atoms with Crippen molar-refractivity contribution in [2.45, 2.75) is 44.7 Å². The zero-order chi connectivity index (χ0) is 17.2. The summed E-state index contributed by atoms with van der Waals surface area (Å²) in [5.41, 5.74) is 2.73. The summed E-state index contributed by atoms with van der Waals surface area (Å²) in [7, 11) is 0. The van der Waals surface area contributed by atoms with E-state index < -0.39 is 0 Å². The molecule has 1 aromatic carbocycles. The van der Waals surface area contributed by atoms with Crippen molar-refractivity contribution in [3.63, 3.8) is 0 Å². The molecular weight excluding hydrogens is 334 g/mol. The highest BCUT2D eigenvalue weighted by Crippen LogP contribution is 2.37. The molecule has 0 spiro atoms. The standard InChI is InChI=1S/C19H21N3O2S/c23-17(13-2-1-3-14(9-13)19-20-6-7-25-19)21-10-12-4-5-15-11-22-18(24)16(15)8-12/h4-8,13-14H,1-3,9-11H2,(H,21,23)(H,22,24). The van der Waals surface area contributed by atoms with E-state index >= 15 is 0 Å². The van der Waals surface area contributed by atoms with Gasteiger partial charge in [0.2, 0.25) is 5.91 Å². The molecule has 5 nitrogen and oxygen atoms in total. The average Bonchev–Trinajstić information content (AvgIpc) is 3.30. The van der Waals surface area contributed by atoms with E-state index in [1.54, 1.807) is 11.3 Å². The Kier molecular flexibility index (Phi) is 4.53. The van der Waals surface area contributed by atoms with E-state index in [0.29, 0.717) is 19.0 Å². The molecule has 1 aliphatic heterocycles. The Hall–Kier alpha value is -2.21. The van der Waals surface area contributed by atoms with Crippen LogP contribution in [0.2, 0.25) is 0 Å². The molecule has 0 saturated heterocycles. The third-order valence-electron chi connectivity index (χ3n) is 5.17. The molecule has 6 heteroatoms. The maximum atomic E-state index is 12.6. The first-order valence-electron chi connectivity index (χ1n) is 8.78. The molecule has 1 aliphatic carbocycles. The first kappa shape index (κ1) is 16.3. The summed E-state index contributed by atoms with van der Waals surface area (Å²) in [6.45, 7) is 1.07. The lowest BCUT2D eigenvalue weighted by molar-refractivity contribution is -0.126. The van der Waals surface area contributed by atoms with E-state index in [2.05, 4.69) is 15.6 Å². The number of nitrogens with zero attached hydrogens (tertiary/aromatic N) is 1. The average molecular weight is 355 g/mol. The van der Waals surface area contributed by atoms with Crippen LogP contribution in [0.1, 0.15) is 58.1 Å². The van der Waals surface area contributed by atoms with Gasteiger partial charge in [0.05, 0.1) is 5.01 Å². The fourth-order valence-corrected chi connectivity index (χ4v) is 4.58. The number of amides is 2. The Labute approximate surface area is 150 Å². The molecule has 2 aromatic rings. The minimum Gasteiger partial charge on any atom is -0.352 e. The monoisotopic (exact) mass is 355 g/mol. The number of carbonyl (C=O) groups is 2. The first-order valence-corrected chi connectivity index (χ1v) is 9.66. The zero-order valence-corrected chi connectivity index (χ0v) is 14.8. The van der Waals surface area contributed by atoms with E-state index in [9.17, 15) is 9.59 Å². The van der Waals surface area contributed by atoms with E-state index in [1.807, 2.05) is 29.8 Å². The van der Waals surface area contributed by atoms with Crippen molar-refractivity contribution in [2.75, 3.05) is 0 Å². The molecule has 2 atom stereocenters. The summed E-state index contributed by atoms with van der Waals surface area (Å²) in [6.07, 6.45) is 5.86. The van der Waals surface area contributed by atoms with Crippen molar-refractivity contribution < 1.29 is 9.59 Å². The number of carbonyl (C=O) groups excluding carboxylic acids is 2. The fraction of sp³-hybridized carbons (Fsp3) is 0.421. The van der Waals surface area contributed by atoms with E-state index in [4.69, 9.17) is 0 Å². The largest absolute Gasteiger partial charge is 0.352 e. The summed E-state index contributed by atoms with van der Waals surface area (Å²) in [5, 5.41) is 9.03. The second-order valence-electron chi connectivity index (χ2n) is 6.82. The maximum absolute atomic E-state index is 12.6. The van der Waals surface area contributed by atoms with Gasteiger partial charge in [0.25, 0.3) is 5.91 Å². The lowest BCUT2D eigenvalue weighted by atomic mass is 9.81. The predicted molar refractivity (Wildman–Crippen MR) is 96.3 cm³/mol. The lowest BCUT2D eigenvalue weighted by Crippen LogP contribution is -2.33. The number of thiazole rings is 1. The van der Waals surface area contributed by atoms with Crippen molar-refractivity contribution in [3.8, 4) is 0 Å². The second kappa shape index (κ2) is 6.96. The molecule has 1 fully saturated rings. The SMILES string of the molecule is O=C1NCc2ccc(CNC(=O)C3CCCC(c4nccs4)C3)cc21. The Morgan fingerprint density at radius 2 is 2.28 bits per heavy atom. The van der Waals surface area contributed by atoms with Crippen LogP contribution >= 0.6 is 11.3 Å². The zero-order valence-electron chi connectivity index (χ0n) is 14.0. The number of aromatic nitrogens is 1. The molecule has 2 heterocycles. The molecule has 1 saturated carbocycles. The molecule has 2 unspecified atom stereocenters. The molecule has 25 heavy (non-hydrogen) atoms. The summed E-state index contributed by atoms with van der Waals surface area (Å²) >= 11 is 1.68. The molecule has 2 aliphatic rings. The number of nitrogens with one attached hydrogen (secondary N) is 2. The third kappa shape index (κ3) is 3.44. The number of fused-ring (bicyclic) bond motifs is 1. The van der Waals surface area contributed by atoms with Gasteiger partial charge in [0, 0.05) is 42.1 Å². The molecule has 0 radical (unpaired) electrons. The minimum atomic E-state index is -0.0262. The van der Waals surface area contributed by atoms with Crippen LogP contribution in [0, 0.1) is 5.92 Å². The Morgan fingerprint density at radius 1 is 1.36 bits per heavy atom. The lowest BCUT2D eigenvalue weighted by Gasteiger charge is -2.27. The second-order valence-corrected chi connectivity index (χ2v) is 7.75. The predicted octanol–water partition coefficient (Wildman–Crippen LogP) is 2.98. The Morgan fingerprint density at radius 3 is 3.12 bits per heavy atom. The smallest absolute Gasteiger partial charge is 0.251 e. The molecule has 2 amide bonds. The molecular formula is C19H21N3O2S. The van der Waals surface area contributed by atoms with Crippen LogP contribution in [0.25, 0.3) is 0 Å². The summed E-state index contributed by atoms with van der Waals surface area (Å²) in [6, 6.07) is 5.84. The summed E-state index contributed by atoms with van der Waals surface area (Å²) in [5.74, 6) is 0.557. The highest BCUT2D eigenvalue weighted by atomic mass is 32.1. The van der Waals surface area contributed by atoms with Crippen molar-refractivity contribution in [1.29, 1.82) is 0 Å². The molecule has 0 bridgehead atoms. The van der Waals surface area contributed by atoms with Gasteiger partial charge in [0.1, 0.15) is 0 Å². The van der Waals surface area contributed by atoms with Crippen LogP contribution in [0.5, 0.6) is 0 Å². The quantitative estimate of drug-likeness (QED) is 0.886. The summed E-state index contributed by atoms with van der Waals surface area (Å²) < 4.78 is 0. The van der Waals surface area contributed by atoms with E-state index in [1.165, 1.54) is 0 Å². The van der Waals surface area contributed by atoms with Crippen molar-refractivity contribution in [2.24, 2.45) is 5.92 Å². The van der Waals surface area contributed by atoms with Crippen LogP contribution < -0.4 is 10.6 Å². The van der Waals surface area contributed by atoms with Crippen LogP contribution in [0.3, 0.4) is 0 Å². The molecule has 1 aromatic heterocycles. The van der Waals surface area contributed by atoms with Gasteiger partial charge in [-0.1, -0.05) is 18.6 Å². The van der Waals surface area contributed by atoms with Gasteiger partial charge in [-0.05, 0) is 36.5 Å². The van der Waals surface area contributed by atoms with Gasteiger partial charge in [-0.25, -0.2) is 4.98 Å². The van der Waals surface area contributed by atoms with Gasteiger partial charge in [-0.15, -0.1) is 11.3 Å². The van der Waals surface area contributed by atoms with Gasteiger partial charge in [0.15, 0.2) is 0 Å². The van der Waals surface area contributed by atoms with Crippen LogP contribution in [0.4, 0.5) is 0 Å². The number of rotatable bonds is 4. The van der Waals surface area contributed by atoms with Crippen molar-refractivity contribution >= 4 is 23.2 Å². The Bertz CT molecular complexity index is 788. The van der Waals surface area contributed by atoms with E-state index in [-0.39, 0.29) is 17.7 Å². The number of hydrogen-bond donors (Lipinski definition) is 2. The van der Waals surface area contributed by atoms with Crippen molar-refractivity contribution in [1.82, 2.24) is 15.6 Å². The fourth-order valence-electron chi connectivity index (χ4n) is 3.79. The number of benzene rings is 1. The van der Waals surface area contributed by atoms with Gasteiger partial charge >= 0.3 is 0 Å². The molecule has 4 rings (SSSR count). The summed E-state index contributed by atoms with van der Waals surface area (Å²) in [4.78, 5) is 28.7. The minimum absolute atomic E-state index is 0.0262. The molecule has 2 N–H and O–H groups in total. The first-order chi connectivity index (χ1) is 12.2. The van der Waals surface area contributed by atoms with Crippen LogP contribution in [0.15, 0.2) is 29.8 Å². The third-order valence-corrected chi connectivity index (χ3v) is 6.11. The highest BCUT2D eigenvalue weighted by Gasteiger charge is 2.29. The van der Waals surface area contributed by atoms with Crippen LogP contribution in [-0.2, 0) is 17.9 Å².